The van der Waals surface area contributed by atoms with Gasteiger partial charge in [-0.2, -0.15) is 0 Å². The van der Waals surface area contributed by atoms with Gasteiger partial charge in [0.05, 0.1) is 31.2 Å². The second-order valence-electron chi connectivity index (χ2n) is 6.31. The zero-order chi connectivity index (χ0) is 22.3. The lowest BCUT2D eigenvalue weighted by atomic mass is 10.1. The van der Waals surface area contributed by atoms with Crippen molar-refractivity contribution in [2.75, 3.05) is 6.54 Å². The fraction of sp³-hybridized carbons (Fsp3) is 0.250. The number of carboxylic acids is 1. The summed E-state index contributed by atoms with van der Waals surface area (Å²) in [5.74, 6) is -2.26. The van der Waals surface area contributed by atoms with Gasteiger partial charge in [-0.15, -0.1) is 0 Å². The highest BCUT2D eigenvalue weighted by molar-refractivity contribution is 6.40. The van der Waals surface area contributed by atoms with E-state index >= 15 is 0 Å². The van der Waals surface area contributed by atoms with Crippen LogP contribution in [0.4, 0.5) is 0 Å². The number of rotatable bonds is 9. The van der Waals surface area contributed by atoms with Crippen LogP contribution in [-0.4, -0.2) is 35.5 Å². The first-order valence-corrected chi connectivity index (χ1v) is 10.4. The molecule has 10 heteroatoms. The Hall–Kier alpha value is -1.99. The Bertz CT molecular complexity index is 912. The molecular weight excluding hydrogens is 474 g/mol. The quantitative estimate of drug-likeness (QED) is 0.426. The van der Waals surface area contributed by atoms with Crippen molar-refractivity contribution >= 4 is 64.2 Å². The summed E-state index contributed by atoms with van der Waals surface area (Å²) in [4.78, 5) is 36.1. The van der Waals surface area contributed by atoms with Crippen molar-refractivity contribution in [3.8, 4) is 0 Å². The molecule has 2 rings (SSSR count). The summed E-state index contributed by atoms with van der Waals surface area (Å²) in [6, 6.07) is 8.20. The van der Waals surface area contributed by atoms with E-state index in [-0.39, 0.29) is 44.2 Å². The molecule has 6 nitrogen and oxygen atoms in total. The maximum absolute atomic E-state index is 12.4. The van der Waals surface area contributed by atoms with Crippen LogP contribution in [-0.2, 0) is 4.79 Å². The Labute approximate surface area is 193 Å². The zero-order valence-corrected chi connectivity index (χ0v) is 18.6. The summed E-state index contributed by atoms with van der Waals surface area (Å²) in [7, 11) is 0. The van der Waals surface area contributed by atoms with E-state index in [4.69, 9.17) is 46.4 Å². The maximum atomic E-state index is 12.4. The van der Waals surface area contributed by atoms with Crippen LogP contribution in [0.15, 0.2) is 36.4 Å². The van der Waals surface area contributed by atoms with Crippen molar-refractivity contribution < 1.29 is 19.5 Å². The fourth-order valence-electron chi connectivity index (χ4n) is 2.68. The van der Waals surface area contributed by atoms with Crippen LogP contribution < -0.4 is 10.6 Å². The van der Waals surface area contributed by atoms with Crippen LogP contribution in [0.25, 0.3) is 0 Å². The van der Waals surface area contributed by atoms with Gasteiger partial charge in [0.15, 0.2) is 0 Å². The van der Waals surface area contributed by atoms with Gasteiger partial charge >= 0.3 is 5.97 Å². The lowest BCUT2D eigenvalue weighted by Crippen LogP contribution is -2.41. The minimum atomic E-state index is -1.18. The molecule has 160 valence electrons. The molecule has 2 aromatic rings. The maximum Gasteiger partial charge on any atom is 0.326 e. The first-order chi connectivity index (χ1) is 14.2. The van der Waals surface area contributed by atoms with Crippen molar-refractivity contribution in [2.24, 2.45) is 0 Å². The van der Waals surface area contributed by atoms with E-state index in [0.29, 0.717) is 12.8 Å². The molecular formula is C20H18Cl4N2O4. The van der Waals surface area contributed by atoms with E-state index in [9.17, 15) is 19.5 Å². The minimum Gasteiger partial charge on any atom is -0.480 e. The lowest BCUT2D eigenvalue weighted by Gasteiger charge is -2.16. The van der Waals surface area contributed by atoms with Crippen LogP contribution in [0.3, 0.4) is 0 Å². The van der Waals surface area contributed by atoms with E-state index < -0.39 is 23.8 Å². The Morgan fingerprint density at radius 2 is 1.27 bits per heavy atom. The molecule has 0 aliphatic carbocycles. The molecule has 1 atom stereocenters. The van der Waals surface area contributed by atoms with Crippen molar-refractivity contribution in [3.63, 3.8) is 0 Å². The highest BCUT2D eigenvalue weighted by Crippen LogP contribution is 2.25. The molecule has 0 aliphatic heterocycles. The van der Waals surface area contributed by atoms with E-state index in [1.165, 1.54) is 12.1 Å². The number of nitrogens with one attached hydrogen (secondary N) is 2. The van der Waals surface area contributed by atoms with Gasteiger partial charge in [-0.25, -0.2) is 4.79 Å². The number of carbonyl (C=O) groups is 3. The van der Waals surface area contributed by atoms with Gasteiger partial charge in [0, 0.05) is 6.54 Å². The van der Waals surface area contributed by atoms with Crippen molar-refractivity contribution in [3.05, 3.63) is 67.6 Å². The van der Waals surface area contributed by atoms with Crippen molar-refractivity contribution in [2.45, 2.75) is 25.3 Å². The van der Waals surface area contributed by atoms with Crippen LogP contribution in [0, 0.1) is 0 Å². The van der Waals surface area contributed by atoms with Crippen molar-refractivity contribution in [1.82, 2.24) is 10.6 Å². The smallest absolute Gasteiger partial charge is 0.326 e. The summed E-state index contributed by atoms with van der Waals surface area (Å²) in [6.07, 6.45) is 1.08. The zero-order valence-electron chi connectivity index (χ0n) is 15.6. The molecule has 0 spiro atoms. The average molecular weight is 492 g/mol. The van der Waals surface area contributed by atoms with E-state index in [0.717, 1.165) is 0 Å². The normalized spacial score (nSPS) is 11.6. The summed E-state index contributed by atoms with van der Waals surface area (Å²) < 4.78 is 0. The fourth-order valence-corrected chi connectivity index (χ4v) is 3.82. The number of carboxylic acid groups (broad SMARTS) is 1. The SMILES string of the molecule is O=C(NCCCC[C@H](NC(=O)c1c(Cl)cccc1Cl)C(=O)O)c1c(Cl)cccc1Cl. The van der Waals surface area contributed by atoms with E-state index in [1.54, 1.807) is 24.3 Å². The monoisotopic (exact) mass is 490 g/mol. The predicted octanol–water partition coefficient (Wildman–Crippen LogP) is 5.08. The highest BCUT2D eigenvalue weighted by Gasteiger charge is 2.23. The first-order valence-electron chi connectivity index (χ1n) is 8.92. The van der Waals surface area contributed by atoms with Crippen LogP contribution in [0.1, 0.15) is 40.0 Å². The Morgan fingerprint density at radius 1 is 0.800 bits per heavy atom. The average Bonchev–Trinajstić information content (AvgIpc) is 2.66. The van der Waals surface area contributed by atoms with Gasteiger partial charge in [0.1, 0.15) is 6.04 Å². The third kappa shape index (κ3) is 6.51. The summed E-state index contributed by atoms with van der Waals surface area (Å²) in [5.41, 5.74) is 0.212. The summed E-state index contributed by atoms with van der Waals surface area (Å²) >= 11 is 24.0. The molecule has 0 saturated carbocycles. The standard InChI is InChI=1S/C20H18Cl4N2O4/c21-11-5-3-6-12(22)16(11)18(27)25-10-2-1-9-15(20(29)30)26-19(28)17-13(23)7-4-8-14(17)24/h3-8,15H,1-2,9-10H2,(H,25,27)(H,26,28)(H,29,30)/t15-/m0/s1. The largest absolute Gasteiger partial charge is 0.480 e. The molecule has 2 amide bonds. The number of amides is 2. The molecule has 0 unspecified atom stereocenters. The molecule has 0 aliphatic rings. The molecule has 0 fully saturated rings. The van der Waals surface area contributed by atoms with Gasteiger partial charge in [-0.3, -0.25) is 9.59 Å². The van der Waals surface area contributed by atoms with Gasteiger partial charge < -0.3 is 15.7 Å². The lowest BCUT2D eigenvalue weighted by molar-refractivity contribution is -0.139. The molecule has 0 aromatic heterocycles. The van der Waals surface area contributed by atoms with Gasteiger partial charge in [0.2, 0.25) is 0 Å². The van der Waals surface area contributed by atoms with Gasteiger partial charge in [-0.05, 0) is 43.5 Å². The Kier molecular flexibility index (Phi) is 9.24. The van der Waals surface area contributed by atoms with E-state index in [1.807, 2.05) is 0 Å². The molecule has 0 heterocycles. The van der Waals surface area contributed by atoms with Crippen LogP contribution in [0.2, 0.25) is 20.1 Å². The molecule has 30 heavy (non-hydrogen) atoms. The van der Waals surface area contributed by atoms with Crippen molar-refractivity contribution in [1.29, 1.82) is 0 Å². The summed E-state index contributed by atoms with van der Waals surface area (Å²) in [6.45, 7) is 0.289. The summed E-state index contributed by atoms with van der Waals surface area (Å²) in [5, 5.41) is 15.2. The minimum absolute atomic E-state index is 0.0240. The van der Waals surface area contributed by atoms with Gasteiger partial charge in [-0.1, -0.05) is 58.5 Å². The molecule has 3 N–H and O–H groups in total. The molecule has 0 radical (unpaired) electrons. The third-order valence-corrected chi connectivity index (χ3v) is 5.45. The number of carbonyl (C=O) groups excluding carboxylic acids is 2. The van der Waals surface area contributed by atoms with E-state index in [2.05, 4.69) is 10.6 Å². The van der Waals surface area contributed by atoms with Crippen LogP contribution >= 0.6 is 46.4 Å². The number of halogens is 4. The molecule has 0 saturated heterocycles. The number of hydrogen-bond donors (Lipinski definition) is 3. The number of benzene rings is 2. The van der Waals surface area contributed by atoms with Crippen LogP contribution in [0.5, 0.6) is 0 Å². The second-order valence-corrected chi connectivity index (χ2v) is 7.94. The first kappa shape index (κ1) is 24.3. The number of hydrogen-bond acceptors (Lipinski definition) is 3. The predicted molar refractivity (Wildman–Crippen MR) is 118 cm³/mol. The number of unbranched alkanes of at least 4 members (excludes halogenated alkanes) is 1. The molecule has 0 bridgehead atoms. The highest BCUT2D eigenvalue weighted by atomic mass is 35.5. The third-order valence-electron chi connectivity index (χ3n) is 4.19. The number of aliphatic carboxylic acids is 1. The molecule has 2 aromatic carbocycles. The Balaban J connectivity index is 1.85. The topological polar surface area (TPSA) is 95.5 Å². The second kappa shape index (κ2) is 11.4. The Morgan fingerprint density at radius 3 is 1.73 bits per heavy atom. The van der Waals surface area contributed by atoms with Gasteiger partial charge in [0.25, 0.3) is 11.8 Å².